The minimum absolute atomic E-state index is 0.0600. The molecule has 0 bridgehead atoms. The Morgan fingerprint density at radius 2 is 1.79 bits per heavy atom. The van der Waals surface area contributed by atoms with Crippen LogP contribution in [0.1, 0.15) is 68.4 Å². The van der Waals surface area contributed by atoms with E-state index in [2.05, 4.69) is 22.0 Å². The summed E-state index contributed by atoms with van der Waals surface area (Å²) in [6.45, 7) is 9.37. The van der Waals surface area contributed by atoms with Gasteiger partial charge < -0.3 is 39.6 Å². The van der Waals surface area contributed by atoms with Gasteiger partial charge in [-0.25, -0.2) is 18.4 Å². The van der Waals surface area contributed by atoms with E-state index in [9.17, 15) is 19.6 Å². The van der Waals surface area contributed by atoms with E-state index in [0.717, 1.165) is 6.07 Å². The van der Waals surface area contributed by atoms with E-state index < -0.39 is 64.2 Å². The van der Waals surface area contributed by atoms with Crippen molar-refractivity contribution < 1.29 is 46.8 Å². The number of carbonyl (C=O) groups excluding carboxylic acids is 3. The van der Waals surface area contributed by atoms with Gasteiger partial charge in [0.2, 0.25) is 5.91 Å². The number of methoxy groups -OCH3 is 1. The van der Waals surface area contributed by atoms with E-state index in [1.165, 1.54) is 55.6 Å². The fourth-order valence-electron chi connectivity index (χ4n) is 7.15. The standard InChI is InChI=1S/C40H44Cl2F2N4O8/c1-38(2,3)18-31-40(21-45,26-12-11-23(41)17-28(26)43)32(25-8-7-9-27(42)33(25)44)34(48-31)35(49)47-29-13-10-22(16-30(29)52-6)36(50)53-14-15-54-37(51)46-19-24-20-55-39(4,5)56-24/h7-13,16-17,24,31-32,34,48H,14-15,18-20H2,1-6H3,(H,46,51)(H,47,49)/t24?,31-,32-,34+,40-/m0/s1. The number of rotatable bonds is 12. The molecule has 2 saturated heterocycles. The Morgan fingerprint density at radius 3 is 2.43 bits per heavy atom. The highest BCUT2D eigenvalue weighted by atomic mass is 35.5. The Hall–Kier alpha value is -4.52. The fraction of sp³-hybridized carbons (Fsp3) is 0.450. The quantitative estimate of drug-likeness (QED) is 0.125. The monoisotopic (exact) mass is 816 g/mol. The summed E-state index contributed by atoms with van der Waals surface area (Å²) in [5, 5.41) is 19.6. The first kappa shape index (κ1) is 42.6. The summed E-state index contributed by atoms with van der Waals surface area (Å²) < 4.78 is 58.9. The smallest absolute Gasteiger partial charge is 0.407 e. The number of ether oxygens (including phenoxy) is 5. The van der Waals surface area contributed by atoms with E-state index in [1.807, 2.05) is 20.8 Å². The first-order chi connectivity index (χ1) is 26.4. The fourth-order valence-corrected chi connectivity index (χ4v) is 7.49. The number of anilines is 1. The van der Waals surface area contributed by atoms with Crippen LogP contribution in [0.5, 0.6) is 5.75 Å². The zero-order chi connectivity index (χ0) is 41.0. The molecule has 300 valence electrons. The number of alkyl carbamates (subject to hydrolysis) is 1. The maximum Gasteiger partial charge on any atom is 0.407 e. The first-order valence-electron chi connectivity index (χ1n) is 17.8. The number of carbonyl (C=O) groups is 3. The molecule has 2 aliphatic heterocycles. The molecule has 56 heavy (non-hydrogen) atoms. The summed E-state index contributed by atoms with van der Waals surface area (Å²) in [4.78, 5) is 39.3. The molecule has 16 heteroatoms. The van der Waals surface area contributed by atoms with Crippen molar-refractivity contribution in [1.82, 2.24) is 10.6 Å². The second-order valence-electron chi connectivity index (χ2n) is 15.2. The van der Waals surface area contributed by atoms with Crippen LogP contribution in [-0.2, 0) is 29.2 Å². The van der Waals surface area contributed by atoms with Gasteiger partial charge in [-0.15, -0.1) is 0 Å². The number of nitriles is 1. The lowest BCUT2D eigenvalue weighted by Gasteiger charge is -2.37. The van der Waals surface area contributed by atoms with Gasteiger partial charge in [-0.1, -0.05) is 62.2 Å². The van der Waals surface area contributed by atoms with Crippen molar-refractivity contribution in [2.24, 2.45) is 5.41 Å². The van der Waals surface area contributed by atoms with E-state index in [4.69, 9.17) is 46.9 Å². The molecule has 0 saturated carbocycles. The Balaban J connectivity index is 1.35. The maximum atomic E-state index is 16.0. The van der Waals surface area contributed by atoms with Crippen LogP contribution >= 0.6 is 23.2 Å². The summed E-state index contributed by atoms with van der Waals surface area (Å²) in [5.74, 6) is -5.04. The van der Waals surface area contributed by atoms with Crippen LogP contribution in [-0.4, -0.2) is 75.4 Å². The largest absolute Gasteiger partial charge is 0.495 e. The molecule has 0 aliphatic carbocycles. The molecule has 2 aliphatic rings. The third kappa shape index (κ3) is 9.53. The van der Waals surface area contributed by atoms with Gasteiger partial charge in [0, 0.05) is 29.1 Å². The lowest BCUT2D eigenvalue weighted by atomic mass is 9.62. The molecule has 3 aromatic carbocycles. The minimum atomic E-state index is -1.83. The number of nitrogens with zero attached hydrogens (tertiary/aromatic N) is 1. The zero-order valence-corrected chi connectivity index (χ0v) is 33.3. The molecular weight excluding hydrogens is 773 g/mol. The third-order valence-corrected chi connectivity index (χ3v) is 10.0. The highest BCUT2D eigenvalue weighted by Gasteiger charge is 2.61. The van der Waals surface area contributed by atoms with Crippen molar-refractivity contribution in [1.29, 1.82) is 5.26 Å². The molecule has 0 spiro atoms. The topological polar surface area (TPSA) is 157 Å². The summed E-state index contributed by atoms with van der Waals surface area (Å²) in [7, 11) is 1.33. The molecule has 2 fully saturated rings. The Bertz CT molecular complexity index is 2010. The van der Waals surface area contributed by atoms with E-state index in [-0.39, 0.29) is 70.5 Å². The van der Waals surface area contributed by atoms with Crippen molar-refractivity contribution in [3.63, 3.8) is 0 Å². The summed E-state index contributed by atoms with van der Waals surface area (Å²) in [6, 6.07) is 12.5. The summed E-state index contributed by atoms with van der Waals surface area (Å²) in [6.07, 6.45) is -0.761. The van der Waals surface area contributed by atoms with Gasteiger partial charge in [0.1, 0.15) is 42.1 Å². The normalized spacial score (nSPS) is 22.9. The van der Waals surface area contributed by atoms with Gasteiger partial charge in [-0.05, 0) is 67.6 Å². The number of nitrogens with one attached hydrogen (secondary N) is 3. The van der Waals surface area contributed by atoms with Crippen molar-refractivity contribution in [3.05, 3.63) is 93.0 Å². The van der Waals surface area contributed by atoms with Crippen LogP contribution < -0.4 is 20.7 Å². The van der Waals surface area contributed by atoms with Crippen molar-refractivity contribution in [2.45, 2.75) is 76.3 Å². The molecular formula is C40H44Cl2F2N4O8. The second kappa shape index (κ2) is 17.3. The average Bonchev–Trinajstić information content (AvgIpc) is 3.65. The van der Waals surface area contributed by atoms with Gasteiger partial charge in [0.25, 0.3) is 0 Å². The van der Waals surface area contributed by atoms with E-state index >= 15 is 8.78 Å². The van der Waals surface area contributed by atoms with Crippen LogP contribution in [0, 0.1) is 28.4 Å². The molecule has 5 rings (SSSR count). The SMILES string of the molecule is COc1cc(C(=O)OCCOC(=O)NCC2COC(C)(C)O2)ccc1NC(=O)[C@@H]1N[C@@H](CC(C)(C)C)[C@](C#N)(c2ccc(Cl)cc2F)[C@H]1c1cccc(Cl)c1F. The summed E-state index contributed by atoms with van der Waals surface area (Å²) >= 11 is 12.4. The lowest BCUT2D eigenvalue weighted by Crippen LogP contribution is -2.45. The number of amides is 2. The van der Waals surface area contributed by atoms with E-state index in [0.29, 0.717) is 6.61 Å². The zero-order valence-electron chi connectivity index (χ0n) is 31.8. The van der Waals surface area contributed by atoms with Crippen LogP contribution in [0.2, 0.25) is 10.0 Å². The number of halogens is 4. The van der Waals surface area contributed by atoms with Gasteiger partial charge in [0.05, 0.1) is 42.1 Å². The Labute approximate surface area is 334 Å². The predicted molar refractivity (Wildman–Crippen MR) is 204 cm³/mol. The molecule has 5 atom stereocenters. The van der Waals surface area contributed by atoms with Gasteiger partial charge in [-0.2, -0.15) is 5.26 Å². The van der Waals surface area contributed by atoms with Gasteiger partial charge in [0.15, 0.2) is 5.79 Å². The average molecular weight is 818 g/mol. The van der Waals surface area contributed by atoms with Crippen molar-refractivity contribution >= 4 is 46.9 Å². The number of esters is 1. The second-order valence-corrected chi connectivity index (χ2v) is 16.0. The van der Waals surface area contributed by atoms with Crippen LogP contribution in [0.4, 0.5) is 19.3 Å². The number of hydrogen-bond donors (Lipinski definition) is 3. The predicted octanol–water partition coefficient (Wildman–Crippen LogP) is 7.28. The van der Waals surface area contributed by atoms with Gasteiger partial charge >= 0.3 is 12.1 Å². The number of benzene rings is 3. The highest BCUT2D eigenvalue weighted by Crippen LogP contribution is 2.53. The summed E-state index contributed by atoms with van der Waals surface area (Å²) in [5.41, 5.74) is -2.18. The van der Waals surface area contributed by atoms with E-state index in [1.54, 1.807) is 13.8 Å². The van der Waals surface area contributed by atoms with Gasteiger partial charge in [-0.3, -0.25) is 4.79 Å². The first-order valence-corrected chi connectivity index (χ1v) is 18.6. The Morgan fingerprint density at radius 1 is 1.05 bits per heavy atom. The number of hydrogen-bond acceptors (Lipinski definition) is 10. The Kier molecular flexibility index (Phi) is 13.2. The molecule has 0 aromatic heterocycles. The van der Waals surface area contributed by atoms with Crippen molar-refractivity contribution in [2.75, 3.05) is 38.8 Å². The molecule has 3 N–H and O–H groups in total. The third-order valence-electron chi connectivity index (χ3n) is 9.52. The lowest BCUT2D eigenvalue weighted by molar-refractivity contribution is -0.137. The molecule has 3 aromatic rings. The molecule has 2 heterocycles. The van der Waals surface area contributed by atoms with Crippen LogP contribution in [0.15, 0.2) is 54.6 Å². The van der Waals surface area contributed by atoms with Crippen LogP contribution in [0.25, 0.3) is 0 Å². The molecule has 12 nitrogen and oxygen atoms in total. The van der Waals surface area contributed by atoms with Crippen LogP contribution in [0.3, 0.4) is 0 Å². The molecule has 1 unspecified atom stereocenters. The van der Waals surface area contributed by atoms with Crippen molar-refractivity contribution in [3.8, 4) is 11.8 Å². The highest BCUT2D eigenvalue weighted by molar-refractivity contribution is 6.31. The molecule has 2 amide bonds. The maximum absolute atomic E-state index is 16.0. The molecule has 0 radical (unpaired) electrons. The minimum Gasteiger partial charge on any atom is -0.495 e.